The van der Waals surface area contributed by atoms with Gasteiger partial charge in [0.1, 0.15) is 5.60 Å². The van der Waals surface area contributed by atoms with Crippen molar-refractivity contribution in [1.29, 1.82) is 0 Å². The molecule has 158 valence electrons. The number of piperidine rings is 1. The number of rotatable bonds is 2. The summed E-state index contributed by atoms with van der Waals surface area (Å²) in [7, 11) is 0. The van der Waals surface area contributed by atoms with Crippen LogP contribution in [0.2, 0.25) is 0 Å². The number of fused-ring (bicyclic) bond motifs is 1. The predicted octanol–water partition coefficient (Wildman–Crippen LogP) is 2.76. The molecule has 29 heavy (non-hydrogen) atoms. The Morgan fingerprint density at radius 3 is 2.55 bits per heavy atom. The van der Waals surface area contributed by atoms with Gasteiger partial charge in [0.25, 0.3) is 0 Å². The van der Waals surface area contributed by atoms with Gasteiger partial charge in [-0.25, -0.2) is 4.79 Å². The highest BCUT2D eigenvalue weighted by Crippen LogP contribution is 2.32. The molecular formula is C21H31N5O3. The number of nitrogens with zero attached hydrogens (tertiary/aromatic N) is 4. The Bertz CT molecular complexity index is 896. The molecule has 2 aromatic rings. The topological polar surface area (TPSA) is 96.8 Å². The summed E-state index contributed by atoms with van der Waals surface area (Å²) in [6.07, 6.45) is 3.95. The summed E-state index contributed by atoms with van der Waals surface area (Å²) in [6, 6.07) is 4.24. The molecular weight excluding hydrogens is 370 g/mol. The molecule has 3 N–H and O–H groups in total. The Hall–Kier alpha value is -2.48. The van der Waals surface area contributed by atoms with Crippen LogP contribution in [0.1, 0.15) is 46.1 Å². The van der Waals surface area contributed by atoms with Gasteiger partial charge < -0.3 is 25.4 Å². The number of hydrogen-bond acceptors (Lipinski definition) is 6. The highest BCUT2D eigenvalue weighted by Gasteiger charge is 2.28. The summed E-state index contributed by atoms with van der Waals surface area (Å²) in [5.74, 6) is 0. The number of hydrogen-bond donors (Lipinski definition) is 2. The first-order chi connectivity index (χ1) is 13.7. The Morgan fingerprint density at radius 2 is 1.93 bits per heavy atom. The van der Waals surface area contributed by atoms with Gasteiger partial charge in [-0.1, -0.05) is 0 Å². The van der Waals surface area contributed by atoms with E-state index < -0.39 is 5.60 Å². The third-order valence-corrected chi connectivity index (χ3v) is 5.66. The maximum Gasteiger partial charge on any atom is 0.410 e. The average molecular weight is 402 g/mol. The van der Waals surface area contributed by atoms with Gasteiger partial charge in [0.05, 0.1) is 29.0 Å². The van der Waals surface area contributed by atoms with E-state index in [9.17, 15) is 9.90 Å². The van der Waals surface area contributed by atoms with E-state index in [0.717, 1.165) is 42.4 Å². The first-order valence-corrected chi connectivity index (χ1v) is 10.4. The molecule has 0 saturated carbocycles. The van der Waals surface area contributed by atoms with E-state index >= 15 is 0 Å². The van der Waals surface area contributed by atoms with Crippen molar-refractivity contribution in [3.63, 3.8) is 0 Å². The summed E-state index contributed by atoms with van der Waals surface area (Å²) >= 11 is 0. The molecule has 2 fully saturated rings. The fraction of sp³-hybridized carbons (Fsp3) is 0.619. The second-order valence-corrected chi connectivity index (χ2v) is 9.17. The first kappa shape index (κ1) is 19.8. The molecule has 1 aromatic carbocycles. The van der Waals surface area contributed by atoms with Crippen molar-refractivity contribution in [3.05, 3.63) is 18.3 Å². The number of ether oxygens (including phenoxy) is 1. The second kappa shape index (κ2) is 7.40. The third kappa shape index (κ3) is 4.27. The Labute approximate surface area is 171 Å². The molecule has 4 rings (SSSR count). The van der Waals surface area contributed by atoms with E-state index in [1.165, 1.54) is 0 Å². The number of anilines is 2. The molecule has 0 aliphatic carbocycles. The second-order valence-electron chi connectivity index (χ2n) is 9.17. The van der Waals surface area contributed by atoms with E-state index in [4.69, 9.17) is 15.6 Å². The monoisotopic (exact) mass is 401 g/mol. The molecule has 0 spiro atoms. The van der Waals surface area contributed by atoms with Crippen LogP contribution in [-0.4, -0.2) is 63.8 Å². The summed E-state index contributed by atoms with van der Waals surface area (Å²) in [6.45, 7) is 8.39. The summed E-state index contributed by atoms with van der Waals surface area (Å²) in [4.78, 5) is 16.2. The first-order valence-electron chi connectivity index (χ1n) is 10.4. The van der Waals surface area contributed by atoms with Crippen molar-refractivity contribution < 1.29 is 14.6 Å². The molecule has 2 aliphatic heterocycles. The van der Waals surface area contributed by atoms with E-state index in [1.54, 1.807) is 4.90 Å². The number of aliphatic hydroxyl groups is 1. The molecule has 0 bridgehead atoms. The fourth-order valence-corrected chi connectivity index (χ4v) is 4.16. The summed E-state index contributed by atoms with van der Waals surface area (Å²) < 4.78 is 7.49. The number of amides is 1. The zero-order chi connectivity index (χ0) is 20.8. The van der Waals surface area contributed by atoms with E-state index in [-0.39, 0.29) is 18.2 Å². The Morgan fingerprint density at radius 1 is 1.21 bits per heavy atom. The highest BCUT2D eigenvalue weighted by molar-refractivity contribution is 5.89. The number of carbonyl (C=O) groups is 1. The minimum Gasteiger partial charge on any atom is -0.444 e. The smallest absolute Gasteiger partial charge is 0.410 e. The van der Waals surface area contributed by atoms with Crippen molar-refractivity contribution in [1.82, 2.24) is 14.7 Å². The van der Waals surface area contributed by atoms with Crippen molar-refractivity contribution in [2.24, 2.45) is 0 Å². The van der Waals surface area contributed by atoms with Crippen LogP contribution in [0, 0.1) is 0 Å². The lowest BCUT2D eigenvalue weighted by molar-refractivity contribution is 0.0185. The van der Waals surface area contributed by atoms with E-state index in [2.05, 4.69) is 4.90 Å². The highest BCUT2D eigenvalue weighted by atomic mass is 16.6. The van der Waals surface area contributed by atoms with Crippen LogP contribution in [0.3, 0.4) is 0 Å². The van der Waals surface area contributed by atoms with Gasteiger partial charge in [-0.15, -0.1) is 0 Å². The number of likely N-dealkylation sites (tertiary alicyclic amines) is 1. The van der Waals surface area contributed by atoms with Gasteiger partial charge in [0.2, 0.25) is 0 Å². The lowest BCUT2D eigenvalue weighted by Crippen LogP contribution is -2.42. The number of carbonyl (C=O) groups excluding carboxylic acids is 1. The summed E-state index contributed by atoms with van der Waals surface area (Å²) in [5.41, 5.74) is 8.37. The van der Waals surface area contributed by atoms with Crippen LogP contribution < -0.4 is 10.6 Å². The van der Waals surface area contributed by atoms with Crippen LogP contribution >= 0.6 is 0 Å². The normalized spacial score (nSPS) is 21.2. The minimum absolute atomic E-state index is 0.244. The minimum atomic E-state index is -0.476. The predicted molar refractivity (Wildman–Crippen MR) is 113 cm³/mol. The van der Waals surface area contributed by atoms with Crippen LogP contribution in [0.5, 0.6) is 0 Å². The van der Waals surface area contributed by atoms with Crippen molar-refractivity contribution in [2.75, 3.05) is 36.8 Å². The van der Waals surface area contributed by atoms with Gasteiger partial charge in [0, 0.05) is 37.8 Å². The van der Waals surface area contributed by atoms with Crippen molar-refractivity contribution in [2.45, 2.75) is 57.8 Å². The van der Waals surface area contributed by atoms with Crippen LogP contribution in [0.25, 0.3) is 10.9 Å². The van der Waals surface area contributed by atoms with E-state index in [1.807, 2.05) is 43.8 Å². The van der Waals surface area contributed by atoms with E-state index in [0.29, 0.717) is 25.3 Å². The molecule has 2 saturated heterocycles. The number of aliphatic hydroxyl groups excluding tert-OH is 1. The lowest BCUT2D eigenvalue weighted by Gasteiger charge is -2.33. The number of nitrogens with two attached hydrogens (primary N) is 1. The number of aromatic nitrogens is 2. The third-order valence-electron chi connectivity index (χ3n) is 5.66. The zero-order valence-electron chi connectivity index (χ0n) is 17.5. The largest absolute Gasteiger partial charge is 0.444 e. The lowest BCUT2D eigenvalue weighted by atomic mass is 10.1. The quantitative estimate of drug-likeness (QED) is 0.751. The number of β-amino-alcohol motifs (C(OH)–C–C–N with tert-alkyl or cyclic N) is 1. The van der Waals surface area contributed by atoms with Gasteiger partial charge in [-0.3, -0.25) is 4.68 Å². The molecule has 1 aromatic heterocycles. The van der Waals surface area contributed by atoms with Gasteiger partial charge in [0.15, 0.2) is 0 Å². The molecule has 8 nitrogen and oxygen atoms in total. The van der Waals surface area contributed by atoms with Crippen LogP contribution in [-0.2, 0) is 4.74 Å². The number of nitrogen functional groups attached to an aromatic ring is 1. The molecule has 0 unspecified atom stereocenters. The maximum absolute atomic E-state index is 12.3. The molecule has 1 atom stereocenters. The van der Waals surface area contributed by atoms with Gasteiger partial charge in [-0.2, -0.15) is 5.10 Å². The molecule has 3 heterocycles. The SMILES string of the molecule is CC(C)(C)OC(=O)N1CCC(n2cc3cc(N)c(N4CC[C@H](O)C4)cc3n2)CC1. The standard InChI is InChI=1S/C21H31N5O3/c1-21(2,3)29-20(28)24-7-4-15(5-8-24)26-12-14-10-17(22)19(11-18(14)23-26)25-9-6-16(27)13-25/h10-12,15-16,27H,4-9,13,22H2,1-3H3/t16-/m0/s1. The van der Waals surface area contributed by atoms with Crippen LogP contribution in [0.15, 0.2) is 18.3 Å². The molecule has 1 amide bonds. The number of benzene rings is 1. The molecule has 2 aliphatic rings. The Kier molecular flexibility index (Phi) is 5.06. The summed E-state index contributed by atoms with van der Waals surface area (Å²) in [5, 5.41) is 15.6. The van der Waals surface area contributed by atoms with Crippen molar-refractivity contribution in [3.8, 4) is 0 Å². The van der Waals surface area contributed by atoms with Crippen molar-refractivity contribution >= 4 is 28.4 Å². The zero-order valence-corrected chi connectivity index (χ0v) is 17.5. The molecule has 0 radical (unpaired) electrons. The Balaban J connectivity index is 1.46. The molecule has 8 heteroatoms. The van der Waals surface area contributed by atoms with Gasteiger partial charge in [-0.05, 0) is 52.2 Å². The van der Waals surface area contributed by atoms with Gasteiger partial charge >= 0.3 is 6.09 Å². The maximum atomic E-state index is 12.3. The van der Waals surface area contributed by atoms with Crippen LogP contribution in [0.4, 0.5) is 16.2 Å². The fourth-order valence-electron chi connectivity index (χ4n) is 4.16. The average Bonchev–Trinajstić information content (AvgIpc) is 3.25.